The molecule has 2 aromatic rings. The summed E-state index contributed by atoms with van der Waals surface area (Å²) in [5.41, 5.74) is 3.13. The third kappa shape index (κ3) is 3.38. The first kappa shape index (κ1) is 17.1. The van der Waals surface area contributed by atoms with Crippen LogP contribution in [0.4, 0.5) is 0 Å². The second-order valence-electron chi connectivity index (χ2n) is 6.34. The highest BCUT2D eigenvalue weighted by Crippen LogP contribution is 2.30. The van der Waals surface area contributed by atoms with Gasteiger partial charge in [-0.25, -0.2) is 13.1 Å². The summed E-state index contributed by atoms with van der Waals surface area (Å²) < 4.78 is 33.7. The topological polar surface area (TPSA) is 84.2 Å². The van der Waals surface area contributed by atoms with E-state index in [9.17, 15) is 8.42 Å². The van der Waals surface area contributed by atoms with Gasteiger partial charge in [0.25, 0.3) is 0 Å². The van der Waals surface area contributed by atoms with Crippen molar-refractivity contribution in [1.29, 1.82) is 0 Å². The van der Waals surface area contributed by atoms with Crippen LogP contribution in [-0.4, -0.2) is 32.7 Å². The van der Waals surface area contributed by atoms with Crippen LogP contribution < -0.4 is 10.0 Å². The lowest BCUT2D eigenvalue weighted by Gasteiger charge is -2.24. The highest BCUT2D eigenvalue weighted by atomic mass is 32.2. The second kappa shape index (κ2) is 6.66. The van der Waals surface area contributed by atoms with E-state index in [4.69, 9.17) is 4.52 Å². The lowest BCUT2D eigenvalue weighted by Crippen LogP contribution is -2.45. The Morgan fingerprint density at radius 2 is 2.08 bits per heavy atom. The molecule has 0 spiro atoms. The van der Waals surface area contributed by atoms with Crippen molar-refractivity contribution in [3.8, 4) is 11.1 Å². The van der Waals surface area contributed by atoms with Gasteiger partial charge in [-0.15, -0.1) is 0 Å². The smallest absolute Gasteiger partial charge is 0.241 e. The third-order valence-corrected chi connectivity index (χ3v) is 6.08. The number of benzene rings is 1. The molecule has 0 radical (unpaired) electrons. The Morgan fingerprint density at radius 1 is 1.29 bits per heavy atom. The first-order chi connectivity index (χ1) is 11.4. The number of aromatic nitrogens is 1. The average molecular weight is 349 g/mol. The van der Waals surface area contributed by atoms with Crippen LogP contribution in [0.1, 0.15) is 29.9 Å². The minimum atomic E-state index is -3.57. The molecule has 130 valence electrons. The van der Waals surface area contributed by atoms with Gasteiger partial charge >= 0.3 is 0 Å². The minimum Gasteiger partial charge on any atom is -0.361 e. The quantitative estimate of drug-likeness (QED) is 0.885. The van der Waals surface area contributed by atoms with E-state index in [-0.39, 0.29) is 6.04 Å². The lowest BCUT2D eigenvalue weighted by molar-refractivity contribution is 0.393. The van der Waals surface area contributed by atoms with Crippen LogP contribution in [0, 0.1) is 20.8 Å². The molecule has 3 rings (SSSR count). The average Bonchev–Trinajstić information content (AvgIpc) is 2.87. The van der Waals surface area contributed by atoms with E-state index in [0.29, 0.717) is 17.2 Å². The Kier molecular flexibility index (Phi) is 4.76. The predicted molar refractivity (Wildman–Crippen MR) is 92.4 cm³/mol. The first-order valence-corrected chi connectivity index (χ1v) is 9.64. The highest BCUT2D eigenvalue weighted by molar-refractivity contribution is 7.89. The lowest BCUT2D eigenvalue weighted by atomic mass is 10.0. The fourth-order valence-electron chi connectivity index (χ4n) is 3.18. The zero-order valence-corrected chi connectivity index (χ0v) is 15.0. The third-order valence-electron chi connectivity index (χ3n) is 4.42. The number of sulfonamides is 1. The number of piperidine rings is 1. The molecule has 0 aliphatic carbocycles. The van der Waals surface area contributed by atoms with Crippen LogP contribution in [0.25, 0.3) is 11.1 Å². The van der Waals surface area contributed by atoms with E-state index >= 15 is 0 Å². The zero-order valence-electron chi connectivity index (χ0n) is 14.2. The zero-order chi connectivity index (χ0) is 17.3. The van der Waals surface area contributed by atoms with Crippen LogP contribution in [0.3, 0.4) is 0 Å². The maximum Gasteiger partial charge on any atom is 0.241 e. The van der Waals surface area contributed by atoms with E-state index in [1.807, 2.05) is 32.9 Å². The van der Waals surface area contributed by atoms with Crippen molar-refractivity contribution < 1.29 is 12.9 Å². The van der Waals surface area contributed by atoms with Gasteiger partial charge in [0.15, 0.2) is 0 Å². The molecule has 24 heavy (non-hydrogen) atoms. The number of nitrogens with zero attached hydrogens (tertiary/aromatic N) is 1. The number of hydrogen-bond acceptors (Lipinski definition) is 5. The second-order valence-corrected chi connectivity index (χ2v) is 8.03. The molecule has 1 saturated heterocycles. The summed E-state index contributed by atoms with van der Waals surface area (Å²) in [7, 11) is -3.57. The fraction of sp³-hybridized carbons (Fsp3) is 0.471. The van der Waals surface area contributed by atoms with Gasteiger partial charge in [0, 0.05) is 18.2 Å². The van der Waals surface area contributed by atoms with Crippen LogP contribution in [0.2, 0.25) is 0 Å². The molecular weight excluding hydrogens is 326 g/mol. The number of aryl methyl sites for hydroxylation is 3. The Hall–Kier alpha value is -1.70. The first-order valence-electron chi connectivity index (χ1n) is 8.15. The van der Waals surface area contributed by atoms with Gasteiger partial charge < -0.3 is 9.84 Å². The molecule has 0 unspecified atom stereocenters. The normalized spacial score (nSPS) is 18.7. The van der Waals surface area contributed by atoms with Crippen molar-refractivity contribution in [2.75, 3.05) is 13.1 Å². The van der Waals surface area contributed by atoms with Crippen molar-refractivity contribution in [2.45, 2.75) is 44.6 Å². The summed E-state index contributed by atoms with van der Waals surface area (Å²) in [6, 6.07) is 5.38. The molecule has 1 atom stereocenters. The maximum absolute atomic E-state index is 12.8. The molecule has 1 fully saturated rings. The van der Waals surface area contributed by atoms with Gasteiger partial charge in [0.1, 0.15) is 5.76 Å². The molecule has 2 heterocycles. The van der Waals surface area contributed by atoms with Crippen LogP contribution in [0.15, 0.2) is 27.6 Å². The molecule has 6 nitrogen and oxygen atoms in total. The molecule has 0 saturated carbocycles. The molecule has 1 aliphatic rings. The van der Waals surface area contributed by atoms with Crippen molar-refractivity contribution in [2.24, 2.45) is 0 Å². The van der Waals surface area contributed by atoms with E-state index in [0.717, 1.165) is 41.8 Å². The van der Waals surface area contributed by atoms with Crippen LogP contribution in [0.5, 0.6) is 0 Å². The van der Waals surface area contributed by atoms with Crippen molar-refractivity contribution in [3.63, 3.8) is 0 Å². The van der Waals surface area contributed by atoms with Gasteiger partial charge in [-0.05, 0) is 57.4 Å². The van der Waals surface area contributed by atoms with Crippen molar-refractivity contribution in [1.82, 2.24) is 15.2 Å². The number of rotatable bonds is 4. The van der Waals surface area contributed by atoms with Crippen molar-refractivity contribution in [3.05, 3.63) is 35.2 Å². The monoisotopic (exact) mass is 349 g/mol. The Labute approximate surface area is 142 Å². The van der Waals surface area contributed by atoms with E-state index in [1.54, 1.807) is 6.07 Å². The van der Waals surface area contributed by atoms with Crippen LogP contribution >= 0.6 is 0 Å². The molecule has 1 aromatic heterocycles. The molecule has 1 aromatic carbocycles. The summed E-state index contributed by atoms with van der Waals surface area (Å²) in [5, 5.41) is 7.18. The van der Waals surface area contributed by atoms with Crippen molar-refractivity contribution >= 4 is 10.0 Å². The molecule has 7 heteroatoms. The summed E-state index contributed by atoms with van der Waals surface area (Å²) in [6.45, 7) is 7.10. The van der Waals surface area contributed by atoms with E-state index in [2.05, 4.69) is 15.2 Å². The predicted octanol–water partition coefficient (Wildman–Crippen LogP) is 2.30. The molecule has 0 amide bonds. The molecular formula is C17H23N3O3S. The van der Waals surface area contributed by atoms with Gasteiger partial charge in [-0.3, -0.25) is 0 Å². The van der Waals surface area contributed by atoms with Gasteiger partial charge in [-0.2, -0.15) is 0 Å². The number of hydrogen-bond donors (Lipinski definition) is 2. The summed E-state index contributed by atoms with van der Waals surface area (Å²) >= 11 is 0. The van der Waals surface area contributed by atoms with Gasteiger partial charge in [0.2, 0.25) is 10.0 Å². The molecule has 2 N–H and O–H groups in total. The Balaban J connectivity index is 1.96. The number of nitrogens with one attached hydrogen (secondary N) is 2. The van der Waals surface area contributed by atoms with Gasteiger partial charge in [0.05, 0.1) is 10.6 Å². The van der Waals surface area contributed by atoms with Crippen LogP contribution in [-0.2, 0) is 10.0 Å². The molecule has 1 aliphatic heterocycles. The standard InChI is InChI=1S/C17H23N3O3S/c1-11-6-7-14(17-12(2)19-23-13(17)3)9-16(11)24(21,22)20-15-5-4-8-18-10-15/h6-7,9,15,18,20H,4-5,8,10H2,1-3H3/t15-/m1/s1. The fourth-order valence-corrected chi connectivity index (χ4v) is 4.72. The SMILES string of the molecule is Cc1ccc(-c2c(C)noc2C)cc1S(=O)(=O)N[C@@H]1CCCNC1. The highest BCUT2D eigenvalue weighted by Gasteiger charge is 2.24. The van der Waals surface area contributed by atoms with E-state index < -0.39 is 10.0 Å². The summed E-state index contributed by atoms with van der Waals surface area (Å²) in [4.78, 5) is 0.311. The summed E-state index contributed by atoms with van der Waals surface area (Å²) in [5.74, 6) is 0.684. The van der Waals surface area contributed by atoms with Gasteiger partial charge in [-0.1, -0.05) is 17.3 Å². The Bertz CT molecular complexity index is 817. The molecule has 0 bridgehead atoms. The maximum atomic E-state index is 12.8. The minimum absolute atomic E-state index is 0.0640. The largest absolute Gasteiger partial charge is 0.361 e. The Morgan fingerprint density at radius 3 is 2.71 bits per heavy atom. The van der Waals surface area contributed by atoms with E-state index in [1.165, 1.54) is 0 Å². The summed E-state index contributed by atoms with van der Waals surface area (Å²) in [6.07, 6.45) is 1.83.